The molecule has 0 spiro atoms. The Hall–Kier alpha value is -3.25. The van der Waals surface area contributed by atoms with E-state index in [0.717, 1.165) is 17.5 Å². The summed E-state index contributed by atoms with van der Waals surface area (Å²) in [5.74, 6) is -1.20. The summed E-state index contributed by atoms with van der Waals surface area (Å²) in [5.41, 5.74) is 2.97. The van der Waals surface area contributed by atoms with Gasteiger partial charge in [-0.25, -0.2) is 9.18 Å². The molecule has 3 aromatic rings. The molecule has 3 rings (SSSR count). The zero-order valence-electron chi connectivity index (χ0n) is 19.6. The predicted octanol–water partition coefficient (Wildman–Crippen LogP) is 5.89. The molecule has 5 nitrogen and oxygen atoms in total. The highest BCUT2D eigenvalue weighted by atomic mass is 19.1. The van der Waals surface area contributed by atoms with Gasteiger partial charge in [0.1, 0.15) is 5.82 Å². The maximum atomic E-state index is 15.2. The Morgan fingerprint density at radius 2 is 1.85 bits per heavy atom. The highest BCUT2D eigenvalue weighted by Gasteiger charge is 2.22. The minimum atomic E-state index is -0.612. The Kier molecular flexibility index (Phi) is 8.17. The lowest BCUT2D eigenvalue weighted by molar-refractivity contribution is 0.0600. The number of ether oxygens (including phenoxy) is 2. The highest BCUT2D eigenvalue weighted by molar-refractivity contribution is 6.09. The van der Waals surface area contributed by atoms with Crippen LogP contribution >= 0.6 is 0 Å². The maximum absolute atomic E-state index is 15.2. The van der Waals surface area contributed by atoms with E-state index < -0.39 is 17.6 Å². The van der Waals surface area contributed by atoms with Crippen LogP contribution in [0.3, 0.4) is 0 Å². The van der Waals surface area contributed by atoms with E-state index in [1.165, 1.54) is 25.3 Å². The van der Waals surface area contributed by atoms with E-state index in [0.29, 0.717) is 31.2 Å². The summed E-state index contributed by atoms with van der Waals surface area (Å²) in [6, 6.07) is 13.8. The van der Waals surface area contributed by atoms with Gasteiger partial charge in [-0.15, -0.1) is 0 Å². The van der Waals surface area contributed by atoms with Gasteiger partial charge in [0, 0.05) is 19.3 Å². The average Bonchev–Trinajstić information content (AvgIpc) is 3.22. The summed E-state index contributed by atoms with van der Waals surface area (Å²) in [7, 11) is 1.28. The van der Waals surface area contributed by atoms with Crippen LogP contribution in [0.25, 0.3) is 11.1 Å². The largest absolute Gasteiger partial charge is 0.465 e. The Balaban J connectivity index is 1.91. The molecule has 6 heteroatoms. The van der Waals surface area contributed by atoms with Crippen LogP contribution in [-0.4, -0.2) is 30.0 Å². The first-order chi connectivity index (χ1) is 15.8. The van der Waals surface area contributed by atoms with Crippen molar-refractivity contribution in [2.75, 3.05) is 13.7 Å². The van der Waals surface area contributed by atoms with Crippen molar-refractivity contribution in [3.63, 3.8) is 0 Å². The van der Waals surface area contributed by atoms with Gasteiger partial charge < -0.3 is 14.0 Å². The fourth-order valence-corrected chi connectivity index (χ4v) is 3.69. The molecule has 0 amide bonds. The minimum Gasteiger partial charge on any atom is -0.465 e. The molecule has 1 heterocycles. The van der Waals surface area contributed by atoms with E-state index in [-0.39, 0.29) is 16.8 Å². The minimum absolute atomic E-state index is 0.0424. The van der Waals surface area contributed by atoms with Gasteiger partial charge >= 0.3 is 5.97 Å². The summed E-state index contributed by atoms with van der Waals surface area (Å²) in [6.45, 7) is 7.73. The monoisotopic (exact) mass is 451 g/mol. The van der Waals surface area contributed by atoms with Crippen LogP contribution in [-0.2, 0) is 22.6 Å². The van der Waals surface area contributed by atoms with Crippen molar-refractivity contribution in [2.45, 2.75) is 40.3 Å². The summed E-state index contributed by atoms with van der Waals surface area (Å²) >= 11 is 0. The second-order valence-electron chi connectivity index (χ2n) is 8.39. The molecule has 174 valence electrons. The molecule has 0 aliphatic carbocycles. The fraction of sp³-hybridized carbons (Fsp3) is 0.333. The predicted molar refractivity (Wildman–Crippen MR) is 126 cm³/mol. The molecule has 0 saturated heterocycles. The Labute approximate surface area is 194 Å². The molecule has 0 radical (unpaired) electrons. The Morgan fingerprint density at radius 1 is 1.09 bits per heavy atom. The normalized spacial score (nSPS) is 11.1. The third-order valence-corrected chi connectivity index (χ3v) is 5.27. The van der Waals surface area contributed by atoms with Gasteiger partial charge in [0.2, 0.25) is 5.78 Å². The van der Waals surface area contributed by atoms with Gasteiger partial charge in [0.15, 0.2) is 0 Å². The van der Waals surface area contributed by atoms with Crippen molar-refractivity contribution in [1.29, 1.82) is 0 Å². The van der Waals surface area contributed by atoms with Crippen LogP contribution in [0.5, 0.6) is 0 Å². The number of nitrogens with zero attached hydrogens (tertiary/aromatic N) is 1. The van der Waals surface area contributed by atoms with Gasteiger partial charge in [-0.2, -0.15) is 0 Å². The van der Waals surface area contributed by atoms with Gasteiger partial charge in [-0.1, -0.05) is 51.1 Å². The smallest absolute Gasteiger partial charge is 0.339 e. The molecule has 0 unspecified atom stereocenters. The number of benzene rings is 2. The first kappa shape index (κ1) is 24.4. The molecule has 0 bridgehead atoms. The zero-order valence-corrected chi connectivity index (χ0v) is 19.6. The lowest BCUT2D eigenvalue weighted by Gasteiger charge is -2.13. The first-order valence-electron chi connectivity index (χ1n) is 11.1. The van der Waals surface area contributed by atoms with Crippen molar-refractivity contribution >= 4 is 11.8 Å². The topological polar surface area (TPSA) is 57.5 Å². The van der Waals surface area contributed by atoms with E-state index in [1.807, 2.05) is 31.2 Å². The molecule has 0 N–H and O–H groups in total. The standard InChI is InChI=1S/C27H30FNO4/c1-5-12-29-15-21(27(31)32-4)14-25(29)26(30)23-11-10-19(13-24(23)28)22-9-7-6-8-20(22)17-33-16-18(2)3/h6-11,13-15,18H,5,12,16-17H2,1-4H3. The van der Waals surface area contributed by atoms with E-state index in [1.54, 1.807) is 16.8 Å². The number of rotatable bonds is 10. The van der Waals surface area contributed by atoms with Gasteiger partial charge in [0.05, 0.1) is 30.5 Å². The molecular weight excluding hydrogens is 421 g/mol. The average molecular weight is 452 g/mol. The van der Waals surface area contributed by atoms with Crippen molar-refractivity contribution < 1.29 is 23.5 Å². The lowest BCUT2D eigenvalue weighted by atomic mass is 9.97. The zero-order chi connectivity index (χ0) is 24.0. The Morgan fingerprint density at radius 3 is 2.52 bits per heavy atom. The first-order valence-corrected chi connectivity index (χ1v) is 11.1. The van der Waals surface area contributed by atoms with Gasteiger partial charge in [0.25, 0.3) is 0 Å². The number of esters is 1. The number of hydrogen-bond acceptors (Lipinski definition) is 4. The molecule has 0 saturated carbocycles. The highest BCUT2D eigenvalue weighted by Crippen LogP contribution is 2.27. The van der Waals surface area contributed by atoms with E-state index >= 15 is 4.39 Å². The van der Waals surface area contributed by atoms with Crippen LogP contribution < -0.4 is 0 Å². The molecule has 0 atom stereocenters. The number of carbonyl (C=O) groups is 2. The number of methoxy groups -OCH3 is 1. The van der Waals surface area contributed by atoms with Crippen LogP contribution in [0.2, 0.25) is 0 Å². The Bertz CT molecular complexity index is 1130. The van der Waals surface area contributed by atoms with E-state index in [9.17, 15) is 9.59 Å². The second kappa shape index (κ2) is 11.1. The molecule has 33 heavy (non-hydrogen) atoms. The maximum Gasteiger partial charge on any atom is 0.339 e. The van der Waals surface area contributed by atoms with Crippen molar-refractivity contribution in [2.24, 2.45) is 5.92 Å². The van der Waals surface area contributed by atoms with Crippen molar-refractivity contribution in [3.05, 3.63) is 82.9 Å². The van der Waals surface area contributed by atoms with Crippen molar-refractivity contribution in [3.8, 4) is 11.1 Å². The molecule has 0 fully saturated rings. The van der Waals surface area contributed by atoms with Crippen LogP contribution in [0.15, 0.2) is 54.7 Å². The number of ketones is 1. The van der Waals surface area contributed by atoms with E-state index in [4.69, 9.17) is 9.47 Å². The number of hydrogen-bond donors (Lipinski definition) is 0. The van der Waals surface area contributed by atoms with Crippen molar-refractivity contribution in [1.82, 2.24) is 4.57 Å². The third-order valence-electron chi connectivity index (χ3n) is 5.27. The number of halogens is 1. The SMILES string of the molecule is CCCn1cc(C(=O)OC)cc1C(=O)c1ccc(-c2ccccc2COCC(C)C)cc1F. The van der Waals surface area contributed by atoms with Gasteiger partial charge in [-0.05, 0) is 47.2 Å². The molecular formula is C27H30FNO4. The third kappa shape index (κ3) is 5.76. The molecule has 0 aliphatic rings. The fourth-order valence-electron chi connectivity index (χ4n) is 3.69. The number of carbonyl (C=O) groups excluding carboxylic acids is 2. The quantitative estimate of drug-likeness (QED) is 0.285. The van der Waals surface area contributed by atoms with Crippen LogP contribution in [0, 0.1) is 11.7 Å². The second-order valence-corrected chi connectivity index (χ2v) is 8.39. The molecule has 1 aromatic heterocycles. The van der Waals surface area contributed by atoms with Crippen LogP contribution in [0.4, 0.5) is 4.39 Å². The number of aromatic nitrogens is 1. The van der Waals surface area contributed by atoms with E-state index in [2.05, 4.69) is 13.8 Å². The molecule has 2 aromatic carbocycles. The summed E-state index contributed by atoms with van der Waals surface area (Å²) in [4.78, 5) is 25.1. The van der Waals surface area contributed by atoms with Crippen LogP contribution in [0.1, 0.15) is 59.2 Å². The summed E-state index contributed by atoms with van der Waals surface area (Å²) in [5, 5.41) is 0. The lowest BCUT2D eigenvalue weighted by Crippen LogP contribution is -2.11. The van der Waals surface area contributed by atoms with Gasteiger partial charge in [-0.3, -0.25) is 4.79 Å². The number of aryl methyl sites for hydroxylation is 1. The summed E-state index contributed by atoms with van der Waals surface area (Å²) in [6.07, 6.45) is 2.33. The summed E-state index contributed by atoms with van der Waals surface area (Å²) < 4.78 is 27.4. The molecule has 0 aliphatic heterocycles.